The van der Waals surface area contributed by atoms with Crippen LogP contribution < -0.4 is 16.4 Å². The highest BCUT2D eigenvalue weighted by Gasteiger charge is 2.39. The molecule has 2 aromatic rings. The van der Waals surface area contributed by atoms with Gasteiger partial charge >= 0.3 is 11.9 Å². The SMILES string of the molecule is CCCN(C(=O)[C@@H](CC(=O)[C@H]1CCCCN1C)[C@@H](C)CC)[C@H](C[C@@H](OC(C)=O)c1nc(C(=O)N[C@@H](Cc2ccc(CC(=O)[C@H](CCCCC(N)=O)NC(=O)[C@@H](CC(=O)CCCCCN3C(=O)C=CC3=O)C(C)C)cc2)C[C@H](C)C(=O)O)cs1)C(C)C. The van der Waals surface area contributed by atoms with Gasteiger partial charge in [0.05, 0.1) is 18.0 Å². The minimum Gasteiger partial charge on any atom is -0.481 e. The number of nitrogens with zero attached hydrogens (tertiary/aromatic N) is 4. The Morgan fingerprint density at radius 2 is 1.49 bits per heavy atom. The predicted molar refractivity (Wildman–Crippen MR) is 328 cm³/mol. The number of likely N-dealkylation sites (tertiary alicyclic amines) is 1. The first-order chi connectivity index (χ1) is 40.7. The molecule has 0 unspecified atom stereocenters. The molecule has 2 aliphatic rings. The predicted octanol–water partition coefficient (Wildman–Crippen LogP) is 8.32. The van der Waals surface area contributed by atoms with Crippen molar-refractivity contribution < 1.29 is 62.6 Å². The zero-order chi connectivity index (χ0) is 63.8. The topological polar surface area (TPSA) is 290 Å². The summed E-state index contributed by atoms with van der Waals surface area (Å²) < 4.78 is 5.93. The number of imide groups is 1. The summed E-state index contributed by atoms with van der Waals surface area (Å²) in [6, 6.07) is 4.84. The molecule has 21 heteroatoms. The minimum atomic E-state index is -1.05. The molecule has 4 rings (SSSR count). The molecule has 1 aromatic carbocycles. The number of esters is 1. The number of ketones is 3. The van der Waals surface area contributed by atoms with Gasteiger partial charge in [-0.2, -0.15) is 0 Å². The van der Waals surface area contributed by atoms with Crippen molar-refractivity contribution in [1.29, 1.82) is 0 Å². The second-order valence-corrected chi connectivity index (χ2v) is 25.4. The molecule has 0 aliphatic carbocycles. The van der Waals surface area contributed by atoms with Crippen LogP contribution in [0.1, 0.15) is 204 Å². The molecular weight excluding hydrogens is 1120 g/mol. The number of aliphatic carboxylic acids is 1. The van der Waals surface area contributed by atoms with Crippen LogP contribution in [0.2, 0.25) is 0 Å². The van der Waals surface area contributed by atoms with Gasteiger partial charge in [0.1, 0.15) is 16.5 Å². The fraction of sp³-hybridized carbons (Fsp3) is 0.662. The number of Topliss-reactive ketones (excluding diaryl/α,β-unsaturated/α-hetero) is 3. The Hall–Kier alpha value is -6.48. The average Bonchev–Trinajstić information content (AvgIpc) is 2.54. The first-order valence-electron chi connectivity index (χ1n) is 31.2. The van der Waals surface area contributed by atoms with Crippen LogP contribution >= 0.6 is 11.3 Å². The van der Waals surface area contributed by atoms with Gasteiger partial charge in [0.25, 0.3) is 17.7 Å². The van der Waals surface area contributed by atoms with Crippen molar-refractivity contribution in [2.75, 3.05) is 26.7 Å². The number of hydrogen-bond donors (Lipinski definition) is 4. The minimum absolute atomic E-state index is 0.0279. The molecule has 0 radical (unpaired) electrons. The molecule has 9 atom stereocenters. The number of hydrogen-bond acceptors (Lipinski definition) is 15. The second kappa shape index (κ2) is 36.0. The number of carboxylic acids is 1. The van der Waals surface area contributed by atoms with E-state index in [1.165, 1.54) is 19.1 Å². The number of piperidine rings is 1. The fourth-order valence-electron chi connectivity index (χ4n) is 11.5. The molecule has 1 aromatic heterocycles. The molecule has 0 spiro atoms. The zero-order valence-corrected chi connectivity index (χ0v) is 53.4. The maximum absolute atomic E-state index is 14.9. The Balaban J connectivity index is 1.47. The lowest BCUT2D eigenvalue weighted by atomic mass is 9.82. The number of rotatable bonds is 40. The molecule has 0 bridgehead atoms. The molecule has 20 nitrogen and oxygen atoms in total. The number of primary amides is 1. The maximum Gasteiger partial charge on any atom is 0.306 e. The van der Waals surface area contributed by atoms with Gasteiger partial charge < -0.3 is 31.1 Å². The van der Waals surface area contributed by atoms with Crippen molar-refractivity contribution in [3.05, 3.63) is 63.6 Å². The smallest absolute Gasteiger partial charge is 0.306 e. The Bertz CT molecular complexity index is 2650. The van der Waals surface area contributed by atoms with E-state index in [1.807, 2.05) is 60.4 Å². The number of amides is 6. The van der Waals surface area contributed by atoms with Crippen LogP contribution in [0.5, 0.6) is 0 Å². The summed E-state index contributed by atoms with van der Waals surface area (Å²) in [5.41, 5.74) is 6.79. The fourth-order valence-corrected chi connectivity index (χ4v) is 12.3. The van der Waals surface area contributed by atoms with Crippen molar-refractivity contribution in [3.8, 4) is 0 Å². The van der Waals surface area contributed by atoms with Crippen LogP contribution in [0.15, 0.2) is 41.8 Å². The summed E-state index contributed by atoms with van der Waals surface area (Å²) >= 11 is 1.14. The van der Waals surface area contributed by atoms with Crippen LogP contribution in [0.25, 0.3) is 0 Å². The van der Waals surface area contributed by atoms with Crippen LogP contribution in [-0.4, -0.2) is 140 Å². The van der Waals surface area contributed by atoms with E-state index >= 15 is 0 Å². The number of benzene rings is 1. The first kappa shape index (κ1) is 72.0. The van der Waals surface area contributed by atoms with E-state index in [1.54, 1.807) is 36.6 Å². The Labute approximate surface area is 512 Å². The van der Waals surface area contributed by atoms with E-state index in [-0.39, 0.29) is 129 Å². The zero-order valence-electron chi connectivity index (χ0n) is 52.6. The van der Waals surface area contributed by atoms with Gasteiger partial charge in [-0.25, -0.2) is 4.98 Å². The Kier molecular flexibility index (Phi) is 30.1. The van der Waals surface area contributed by atoms with E-state index < -0.39 is 71.6 Å². The van der Waals surface area contributed by atoms with Crippen LogP contribution in [0.4, 0.5) is 0 Å². The molecule has 86 heavy (non-hydrogen) atoms. The number of carboxylic acid groups (broad SMARTS) is 1. The van der Waals surface area contributed by atoms with Gasteiger partial charge in [-0.15, -0.1) is 11.3 Å². The first-order valence-corrected chi connectivity index (χ1v) is 32.1. The number of ether oxygens (including phenoxy) is 1. The highest BCUT2D eigenvalue weighted by atomic mass is 32.1. The number of nitrogens with two attached hydrogens (primary N) is 1. The summed E-state index contributed by atoms with van der Waals surface area (Å²) in [5, 5.41) is 17.8. The highest BCUT2D eigenvalue weighted by Crippen LogP contribution is 2.34. The number of unbranched alkanes of at least 4 members (excludes halogenated alkanes) is 3. The molecule has 2 aliphatic heterocycles. The van der Waals surface area contributed by atoms with Crippen LogP contribution in [0.3, 0.4) is 0 Å². The molecule has 3 heterocycles. The number of carbonyl (C=O) groups excluding carboxylic acids is 10. The van der Waals surface area contributed by atoms with Crippen molar-refractivity contribution in [2.45, 2.75) is 215 Å². The van der Waals surface area contributed by atoms with Crippen molar-refractivity contribution >= 4 is 76.1 Å². The summed E-state index contributed by atoms with van der Waals surface area (Å²) in [7, 11) is 1.97. The van der Waals surface area contributed by atoms with Gasteiger partial charge in [-0.1, -0.05) is 105 Å². The number of thiazole rings is 1. The van der Waals surface area contributed by atoms with Gasteiger partial charge in [0.2, 0.25) is 17.7 Å². The molecule has 1 saturated heterocycles. The average molecular weight is 1220 g/mol. The summed E-state index contributed by atoms with van der Waals surface area (Å²) in [6.07, 6.45) is 9.28. The van der Waals surface area contributed by atoms with Gasteiger partial charge in [-0.3, -0.25) is 62.5 Å². The van der Waals surface area contributed by atoms with Crippen molar-refractivity contribution in [2.24, 2.45) is 41.2 Å². The molecule has 6 amide bonds. The third-order valence-electron chi connectivity index (χ3n) is 16.9. The molecule has 5 N–H and O–H groups in total. The lowest BCUT2D eigenvalue weighted by Gasteiger charge is -2.39. The summed E-state index contributed by atoms with van der Waals surface area (Å²) in [6.45, 7) is 18.1. The third-order valence-corrected chi connectivity index (χ3v) is 17.8. The standard InChI is InChI=1S/C65H97N7O13S/c1-11-30-71(64(82)50(42(7)12-2)37-56(76)53-22-17-19-31-70(53)10)54(41(5)6)38-57(85-44(9)73)63-69-52(39-86-63)62(81)67-47(33-43(8)65(83)84)34-45-24-26-46(27-25-45)35-55(75)51(21-15-16-23-58(66)77)68-61(80)49(40(3)4)36-48(74)20-14-13-18-32-72-59(78)28-29-60(72)79/h24-29,39-43,47,49-51,53-54,57H,11-23,30-38H2,1-10H3,(H2,66,77)(H,67,81)(H,68,80)(H,83,84)/t42-,43-,47+,49-,50-,51-,53+,54+,57+/m0/s1. The highest BCUT2D eigenvalue weighted by molar-refractivity contribution is 7.09. The number of likely N-dealkylation sites (N-methyl/N-ethyl adjacent to an activating group) is 1. The normalized spacial score (nSPS) is 17.3. The number of aromatic nitrogens is 1. The van der Waals surface area contributed by atoms with E-state index in [2.05, 4.69) is 20.5 Å². The monoisotopic (exact) mass is 1220 g/mol. The van der Waals surface area contributed by atoms with Crippen LogP contribution in [0, 0.1) is 35.5 Å². The molecule has 1 fully saturated rings. The van der Waals surface area contributed by atoms with Gasteiger partial charge in [0, 0.05) is 100.0 Å². The number of carbonyl (C=O) groups is 11. The van der Waals surface area contributed by atoms with Crippen molar-refractivity contribution in [1.82, 2.24) is 30.3 Å². The van der Waals surface area contributed by atoms with Gasteiger partial charge in [0.15, 0.2) is 17.7 Å². The van der Waals surface area contributed by atoms with E-state index in [0.29, 0.717) is 62.1 Å². The van der Waals surface area contributed by atoms with E-state index in [9.17, 15) is 57.8 Å². The Morgan fingerprint density at radius 1 is 0.826 bits per heavy atom. The van der Waals surface area contributed by atoms with Gasteiger partial charge in [-0.05, 0) is 100 Å². The molecule has 0 saturated carbocycles. The Morgan fingerprint density at radius 3 is 2.08 bits per heavy atom. The summed E-state index contributed by atoms with van der Waals surface area (Å²) in [4.78, 5) is 154. The van der Waals surface area contributed by atoms with E-state index in [4.69, 9.17) is 10.5 Å². The maximum atomic E-state index is 14.9. The quantitative estimate of drug-likeness (QED) is 0.0277. The van der Waals surface area contributed by atoms with E-state index in [0.717, 1.165) is 47.6 Å². The third kappa shape index (κ3) is 23.0. The lowest BCUT2D eigenvalue weighted by Crippen LogP contribution is -2.50. The largest absolute Gasteiger partial charge is 0.481 e. The van der Waals surface area contributed by atoms with Crippen molar-refractivity contribution in [3.63, 3.8) is 0 Å². The van der Waals surface area contributed by atoms with Crippen LogP contribution in [-0.2, 0) is 65.5 Å². The second-order valence-electron chi connectivity index (χ2n) is 24.6. The lowest BCUT2D eigenvalue weighted by molar-refractivity contribution is -0.150. The molecule has 476 valence electrons. The molecular formula is C65H97N7O13S. The summed E-state index contributed by atoms with van der Waals surface area (Å²) in [5.74, 6) is -6.71. The number of nitrogens with one attached hydrogen (secondary N) is 2.